The maximum atomic E-state index is 11.6. The van der Waals surface area contributed by atoms with Gasteiger partial charge in [0.2, 0.25) is 5.95 Å². The van der Waals surface area contributed by atoms with Gasteiger partial charge in [-0.2, -0.15) is 15.1 Å². The molecule has 19 heavy (non-hydrogen) atoms. The minimum atomic E-state index is -1.10. The number of nitrogens with two attached hydrogens (primary N) is 1. The van der Waals surface area contributed by atoms with Crippen LogP contribution in [-0.2, 0) is 4.84 Å². The number of hydrogen-bond acceptors (Lipinski definition) is 9. The molecular formula is C8H11N7O4. The quantitative estimate of drug-likeness (QED) is 0.378. The molecule has 1 saturated heterocycles. The van der Waals surface area contributed by atoms with Gasteiger partial charge in [0.25, 0.3) is 5.56 Å². The number of aromatic nitrogens is 4. The monoisotopic (exact) mass is 269 g/mol. The maximum absolute atomic E-state index is 11.6. The van der Waals surface area contributed by atoms with Crippen molar-refractivity contribution >= 4 is 17.1 Å². The second kappa shape index (κ2) is 4.17. The van der Waals surface area contributed by atoms with Crippen molar-refractivity contribution in [1.29, 1.82) is 0 Å². The molecule has 6 N–H and O–H groups in total. The van der Waals surface area contributed by atoms with Gasteiger partial charge in [-0.15, -0.1) is 5.28 Å². The average molecular weight is 269 g/mol. The number of aliphatic hydroxyl groups excluding tert-OH is 2. The number of hydrazine groups is 1. The van der Waals surface area contributed by atoms with Gasteiger partial charge in [0.1, 0.15) is 6.33 Å². The number of nitrogens with one attached hydrogen (secondary N) is 2. The van der Waals surface area contributed by atoms with Crippen LogP contribution in [0, 0.1) is 0 Å². The third-order valence-electron chi connectivity index (χ3n) is 2.61. The van der Waals surface area contributed by atoms with Crippen LogP contribution >= 0.6 is 0 Å². The van der Waals surface area contributed by atoms with E-state index in [2.05, 4.69) is 20.4 Å². The van der Waals surface area contributed by atoms with Crippen LogP contribution in [-0.4, -0.2) is 48.8 Å². The summed E-state index contributed by atoms with van der Waals surface area (Å²) in [6.07, 6.45) is -0.662. The van der Waals surface area contributed by atoms with Crippen molar-refractivity contribution in [1.82, 2.24) is 25.1 Å². The van der Waals surface area contributed by atoms with Crippen molar-refractivity contribution in [3.8, 4) is 0 Å². The van der Waals surface area contributed by atoms with Gasteiger partial charge < -0.3 is 15.9 Å². The largest absolute Gasteiger partial charge is 0.393 e. The summed E-state index contributed by atoms with van der Waals surface area (Å²) in [7, 11) is 0. The van der Waals surface area contributed by atoms with Crippen molar-refractivity contribution in [3.05, 3.63) is 16.7 Å². The van der Waals surface area contributed by atoms with Gasteiger partial charge in [0.05, 0.1) is 6.61 Å². The van der Waals surface area contributed by atoms with Crippen LogP contribution < -0.4 is 22.0 Å². The number of nitrogens with zero attached hydrogens (tertiary/aromatic N) is 4. The molecule has 0 aromatic carbocycles. The molecule has 2 aromatic heterocycles. The van der Waals surface area contributed by atoms with Gasteiger partial charge in [0.15, 0.2) is 23.5 Å². The Morgan fingerprint density at radius 3 is 3.05 bits per heavy atom. The van der Waals surface area contributed by atoms with Gasteiger partial charge in [0, 0.05) is 0 Å². The van der Waals surface area contributed by atoms with Crippen molar-refractivity contribution in [2.75, 3.05) is 17.6 Å². The Labute approximate surface area is 105 Å². The Kier molecular flexibility index (Phi) is 2.60. The van der Waals surface area contributed by atoms with Crippen LogP contribution in [0.5, 0.6) is 0 Å². The molecule has 1 aliphatic rings. The third kappa shape index (κ3) is 1.80. The van der Waals surface area contributed by atoms with Gasteiger partial charge >= 0.3 is 0 Å². The Morgan fingerprint density at radius 1 is 1.58 bits per heavy atom. The van der Waals surface area contributed by atoms with E-state index in [0.29, 0.717) is 0 Å². The lowest BCUT2D eigenvalue weighted by atomic mass is 10.3. The van der Waals surface area contributed by atoms with Gasteiger partial charge in [-0.25, -0.2) is 9.82 Å². The fourth-order valence-electron chi connectivity index (χ4n) is 1.71. The SMILES string of the molecule is Nc1nc2c(ncn2N2N[C@H](O)[C@@H](CO)O2)c(=O)[nH]1. The van der Waals surface area contributed by atoms with Gasteiger partial charge in [-0.1, -0.05) is 0 Å². The van der Waals surface area contributed by atoms with Crippen LogP contribution in [0.4, 0.5) is 5.95 Å². The van der Waals surface area contributed by atoms with E-state index in [4.69, 9.17) is 15.7 Å². The summed E-state index contributed by atoms with van der Waals surface area (Å²) in [6, 6.07) is 0. The maximum Gasteiger partial charge on any atom is 0.280 e. The van der Waals surface area contributed by atoms with E-state index in [0.717, 1.165) is 5.28 Å². The molecule has 102 valence electrons. The lowest BCUT2D eigenvalue weighted by molar-refractivity contribution is -0.0213. The highest BCUT2D eigenvalue weighted by atomic mass is 16.8. The molecule has 0 amide bonds. The van der Waals surface area contributed by atoms with Crippen LogP contribution in [0.3, 0.4) is 0 Å². The van der Waals surface area contributed by atoms with E-state index in [-0.39, 0.29) is 23.7 Å². The van der Waals surface area contributed by atoms with E-state index >= 15 is 0 Å². The number of imidazole rings is 1. The number of anilines is 1. The van der Waals surface area contributed by atoms with Crippen LogP contribution in [0.25, 0.3) is 11.2 Å². The molecule has 0 saturated carbocycles. The van der Waals surface area contributed by atoms with E-state index in [9.17, 15) is 9.90 Å². The number of aliphatic hydroxyl groups is 2. The molecule has 1 fully saturated rings. The highest BCUT2D eigenvalue weighted by molar-refractivity contribution is 5.70. The van der Waals surface area contributed by atoms with Gasteiger partial charge in [-0.05, 0) is 0 Å². The van der Waals surface area contributed by atoms with Crippen molar-refractivity contribution < 1.29 is 15.1 Å². The zero-order valence-corrected chi connectivity index (χ0v) is 9.52. The van der Waals surface area contributed by atoms with E-state index in [1.165, 1.54) is 11.0 Å². The lowest BCUT2D eigenvalue weighted by Gasteiger charge is -2.16. The fraction of sp³-hybridized carbons (Fsp3) is 0.375. The summed E-state index contributed by atoms with van der Waals surface area (Å²) >= 11 is 0. The summed E-state index contributed by atoms with van der Waals surface area (Å²) in [5.41, 5.74) is 7.72. The minimum Gasteiger partial charge on any atom is -0.393 e. The summed E-state index contributed by atoms with van der Waals surface area (Å²) in [5, 5.41) is 19.6. The first kappa shape index (κ1) is 11.9. The molecule has 3 rings (SSSR count). The molecule has 11 nitrogen and oxygen atoms in total. The van der Waals surface area contributed by atoms with Crippen LogP contribution in [0.2, 0.25) is 0 Å². The topological polar surface area (TPSA) is 155 Å². The summed E-state index contributed by atoms with van der Waals surface area (Å²) in [4.78, 5) is 26.9. The summed E-state index contributed by atoms with van der Waals surface area (Å²) in [6.45, 7) is -0.382. The molecule has 0 aliphatic carbocycles. The number of nitrogen functional groups attached to an aromatic ring is 1. The van der Waals surface area contributed by atoms with E-state index in [1.807, 2.05) is 0 Å². The second-order valence-electron chi connectivity index (χ2n) is 3.89. The lowest BCUT2D eigenvalue weighted by Crippen LogP contribution is -2.42. The van der Waals surface area contributed by atoms with Crippen LogP contribution in [0.1, 0.15) is 0 Å². The first-order valence-corrected chi connectivity index (χ1v) is 5.35. The zero-order valence-electron chi connectivity index (χ0n) is 9.52. The Balaban J connectivity index is 2.05. The number of hydrogen-bond donors (Lipinski definition) is 5. The minimum absolute atomic E-state index is 0.0709. The Bertz CT molecular complexity index is 667. The standard InChI is InChI=1S/C8H11N7O4/c9-8-11-5-4(7(18)12-8)10-2-14(5)15-13-6(17)3(1-16)19-15/h2-3,6,13,16-17H,1H2,(H3,9,11,12,18)/t3-,6-/m1/s1. The molecule has 0 spiro atoms. The molecule has 3 heterocycles. The second-order valence-corrected chi connectivity index (χ2v) is 3.89. The summed E-state index contributed by atoms with van der Waals surface area (Å²) < 4.78 is 1.25. The Hall–Kier alpha value is -2.21. The average Bonchev–Trinajstić information content (AvgIpc) is 2.92. The molecule has 11 heteroatoms. The number of rotatable bonds is 2. The third-order valence-corrected chi connectivity index (χ3v) is 2.61. The zero-order chi connectivity index (χ0) is 13.6. The highest BCUT2D eigenvalue weighted by Gasteiger charge is 2.33. The number of aromatic amines is 1. The van der Waals surface area contributed by atoms with Crippen molar-refractivity contribution in [2.45, 2.75) is 12.3 Å². The van der Waals surface area contributed by atoms with Crippen molar-refractivity contribution in [3.63, 3.8) is 0 Å². The predicted molar refractivity (Wildman–Crippen MR) is 61.9 cm³/mol. The molecule has 2 atom stereocenters. The molecule has 2 aromatic rings. The first-order chi connectivity index (χ1) is 9.10. The molecule has 0 unspecified atom stereocenters. The summed E-state index contributed by atoms with van der Waals surface area (Å²) in [5.74, 6) is -0.0716. The van der Waals surface area contributed by atoms with E-state index < -0.39 is 17.9 Å². The highest BCUT2D eigenvalue weighted by Crippen LogP contribution is 2.12. The molecule has 1 aliphatic heterocycles. The number of H-pyrrole nitrogens is 1. The molecular weight excluding hydrogens is 258 g/mol. The first-order valence-electron chi connectivity index (χ1n) is 5.35. The van der Waals surface area contributed by atoms with E-state index in [1.54, 1.807) is 0 Å². The predicted octanol–water partition coefficient (Wildman–Crippen LogP) is -3.23. The smallest absolute Gasteiger partial charge is 0.280 e. The van der Waals surface area contributed by atoms with Gasteiger partial charge in [-0.3, -0.25) is 9.78 Å². The molecule has 0 bridgehead atoms. The van der Waals surface area contributed by atoms with Crippen LogP contribution in [0.15, 0.2) is 11.1 Å². The normalized spacial score (nSPS) is 23.4. The van der Waals surface area contributed by atoms with Crippen molar-refractivity contribution in [2.24, 2.45) is 0 Å². The fourth-order valence-corrected chi connectivity index (χ4v) is 1.71. The molecule has 0 radical (unpaired) electrons. The Morgan fingerprint density at radius 2 is 2.37 bits per heavy atom. The number of fused-ring (bicyclic) bond motifs is 1.